The van der Waals surface area contributed by atoms with Gasteiger partial charge in [-0.1, -0.05) is 0 Å². The maximum absolute atomic E-state index is 13.1. The van der Waals surface area contributed by atoms with E-state index in [0.29, 0.717) is 0 Å². The molecule has 0 aliphatic rings. The molecule has 7 heteroatoms. The van der Waals surface area contributed by atoms with Crippen LogP contribution in [0.1, 0.15) is 13.8 Å². The second kappa shape index (κ2) is 4.59. The predicted octanol–water partition coefficient (Wildman–Crippen LogP) is 1.81. The molecule has 14 heavy (non-hydrogen) atoms. The minimum absolute atomic E-state index is 0.354. The van der Waals surface area contributed by atoms with Crippen LogP contribution in [0.3, 0.4) is 0 Å². The number of ether oxygens (including phenoxy) is 2. The van der Waals surface area contributed by atoms with Crippen LogP contribution in [0.4, 0.5) is 17.6 Å². The van der Waals surface area contributed by atoms with Crippen molar-refractivity contribution in [2.24, 2.45) is 0 Å². The molecule has 0 saturated carbocycles. The van der Waals surface area contributed by atoms with Crippen molar-refractivity contribution in [3.8, 4) is 0 Å². The van der Waals surface area contributed by atoms with Gasteiger partial charge < -0.3 is 9.47 Å². The first kappa shape index (κ1) is 13.2. The second-order valence-electron chi connectivity index (χ2n) is 2.25. The van der Waals surface area contributed by atoms with Crippen LogP contribution in [-0.4, -0.2) is 31.2 Å². The molecule has 0 N–H and O–H groups in total. The van der Waals surface area contributed by atoms with Gasteiger partial charge in [-0.15, -0.1) is 0 Å². The molecular formula is C7H10F4O3. The first-order valence-electron chi connectivity index (χ1n) is 3.86. The zero-order chi connectivity index (χ0) is 11.4. The average Bonchev–Trinajstić information content (AvgIpc) is 2.03. The molecule has 0 rings (SSSR count). The molecule has 1 atom stereocenters. The highest BCUT2D eigenvalue weighted by Crippen LogP contribution is 2.36. The van der Waals surface area contributed by atoms with E-state index in [9.17, 15) is 22.4 Å². The van der Waals surface area contributed by atoms with Crippen LogP contribution in [-0.2, 0) is 14.3 Å². The van der Waals surface area contributed by atoms with Gasteiger partial charge in [0.2, 0.25) is 0 Å². The second-order valence-corrected chi connectivity index (χ2v) is 2.25. The van der Waals surface area contributed by atoms with Crippen LogP contribution >= 0.6 is 0 Å². The molecule has 0 aromatic carbocycles. The maximum Gasteiger partial charge on any atom is 0.460 e. The number of hydrogen-bond acceptors (Lipinski definition) is 3. The van der Waals surface area contributed by atoms with Crippen molar-refractivity contribution < 1.29 is 31.8 Å². The molecule has 84 valence electrons. The fourth-order valence-corrected chi connectivity index (χ4v) is 0.679. The molecule has 0 spiro atoms. The Morgan fingerprint density at radius 3 is 1.93 bits per heavy atom. The van der Waals surface area contributed by atoms with E-state index < -0.39 is 24.6 Å². The molecule has 0 fully saturated rings. The molecule has 0 unspecified atom stereocenters. The third-order valence-corrected chi connectivity index (χ3v) is 1.25. The first-order valence-corrected chi connectivity index (χ1v) is 3.86. The molecule has 0 heterocycles. The number of alkyl halides is 4. The Morgan fingerprint density at radius 1 is 1.14 bits per heavy atom. The lowest BCUT2D eigenvalue weighted by molar-refractivity contribution is -0.322. The summed E-state index contributed by atoms with van der Waals surface area (Å²) in [6.07, 6.45) is -5.44. The summed E-state index contributed by atoms with van der Waals surface area (Å²) < 4.78 is 56.9. The summed E-state index contributed by atoms with van der Waals surface area (Å²) in [4.78, 5) is 10.7. The number of carbonyl (C=O) groups excluding carboxylic acids is 1. The SMILES string of the molecule is CCOC(=O)[C@@](F)(OCC)C(F)(F)F. The average molecular weight is 218 g/mol. The van der Waals surface area contributed by atoms with Gasteiger partial charge in [0.25, 0.3) is 0 Å². The number of carbonyl (C=O) groups is 1. The standard InChI is InChI=1S/C7H10F4O3/c1-3-13-5(12)6(8,14-4-2)7(9,10)11/h3-4H2,1-2H3/t6-/m1/s1. The van der Waals surface area contributed by atoms with Crippen LogP contribution in [0.2, 0.25) is 0 Å². The third-order valence-electron chi connectivity index (χ3n) is 1.25. The monoisotopic (exact) mass is 218 g/mol. The molecule has 0 bridgehead atoms. The lowest BCUT2D eigenvalue weighted by atomic mass is 10.3. The summed E-state index contributed by atoms with van der Waals surface area (Å²) in [5, 5.41) is 0. The normalized spacial score (nSPS) is 16.1. The Balaban J connectivity index is 4.80. The molecule has 0 aromatic rings. The summed E-state index contributed by atoms with van der Waals surface area (Å²) >= 11 is 0. The van der Waals surface area contributed by atoms with Crippen molar-refractivity contribution in [2.75, 3.05) is 13.2 Å². The Morgan fingerprint density at radius 2 is 1.64 bits per heavy atom. The van der Waals surface area contributed by atoms with Crippen molar-refractivity contribution in [3.05, 3.63) is 0 Å². The fraction of sp³-hybridized carbons (Fsp3) is 0.857. The number of esters is 1. The predicted molar refractivity (Wildman–Crippen MR) is 38.2 cm³/mol. The van der Waals surface area contributed by atoms with Gasteiger partial charge in [-0.2, -0.15) is 17.6 Å². The van der Waals surface area contributed by atoms with Crippen LogP contribution in [0.15, 0.2) is 0 Å². The first-order chi connectivity index (χ1) is 6.29. The smallest absolute Gasteiger partial charge is 0.460 e. The van der Waals surface area contributed by atoms with Gasteiger partial charge in [0.1, 0.15) is 0 Å². The number of hydrogen-bond donors (Lipinski definition) is 0. The zero-order valence-corrected chi connectivity index (χ0v) is 7.65. The van der Waals surface area contributed by atoms with Crippen molar-refractivity contribution in [1.29, 1.82) is 0 Å². The molecule has 0 radical (unpaired) electrons. The van der Waals surface area contributed by atoms with E-state index in [4.69, 9.17) is 0 Å². The van der Waals surface area contributed by atoms with Gasteiger partial charge in [0, 0.05) is 6.61 Å². The van der Waals surface area contributed by atoms with E-state index in [1.807, 2.05) is 0 Å². The van der Waals surface area contributed by atoms with Gasteiger partial charge in [0.05, 0.1) is 6.61 Å². The van der Waals surface area contributed by atoms with E-state index in [1.165, 1.54) is 6.92 Å². The third kappa shape index (κ3) is 2.57. The Kier molecular flexibility index (Phi) is 4.31. The fourth-order valence-electron chi connectivity index (χ4n) is 0.679. The van der Waals surface area contributed by atoms with Crippen LogP contribution in [0, 0.1) is 0 Å². The van der Waals surface area contributed by atoms with Crippen molar-refractivity contribution in [2.45, 2.75) is 25.9 Å². The summed E-state index contributed by atoms with van der Waals surface area (Å²) in [5.74, 6) is -6.44. The minimum Gasteiger partial charge on any atom is -0.462 e. The molecule has 0 aliphatic heterocycles. The summed E-state index contributed by atoms with van der Waals surface area (Å²) in [5.41, 5.74) is 0. The van der Waals surface area contributed by atoms with E-state index in [0.717, 1.165) is 6.92 Å². The summed E-state index contributed by atoms with van der Waals surface area (Å²) in [6, 6.07) is 0. The highest BCUT2D eigenvalue weighted by Gasteiger charge is 2.65. The Hall–Kier alpha value is -0.850. The molecule has 0 aliphatic carbocycles. The van der Waals surface area contributed by atoms with Gasteiger partial charge in [-0.25, -0.2) is 4.79 Å². The number of rotatable bonds is 4. The largest absolute Gasteiger partial charge is 0.462 e. The van der Waals surface area contributed by atoms with Crippen molar-refractivity contribution in [3.63, 3.8) is 0 Å². The van der Waals surface area contributed by atoms with E-state index in [1.54, 1.807) is 0 Å². The van der Waals surface area contributed by atoms with Crippen molar-refractivity contribution >= 4 is 5.97 Å². The Bertz CT molecular complexity index is 204. The zero-order valence-electron chi connectivity index (χ0n) is 7.65. The maximum atomic E-state index is 13.1. The van der Waals surface area contributed by atoms with Gasteiger partial charge in [0.15, 0.2) is 0 Å². The molecule has 0 aromatic heterocycles. The lowest BCUT2D eigenvalue weighted by Crippen LogP contribution is -2.51. The summed E-state index contributed by atoms with van der Waals surface area (Å²) in [6.45, 7) is 1.46. The van der Waals surface area contributed by atoms with Gasteiger partial charge >= 0.3 is 18.0 Å². The van der Waals surface area contributed by atoms with E-state index in [-0.39, 0.29) is 6.61 Å². The van der Waals surface area contributed by atoms with E-state index >= 15 is 0 Å². The molecule has 3 nitrogen and oxygen atoms in total. The summed E-state index contributed by atoms with van der Waals surface area (Å²) in [7, 11) is 0. The quantitative estimate of drug-likeness (QED) is 0.533. The topological polar surface area (TPSA) is 35.5 Å². The van der Waals surface area contributed by atoms with Crippen molar-refractivity contribution in [1.82, 2.24) is 0 Å². The molecular weight excluding hydrogens is 208 g/mol. The van der Waals surface area contributed by atoms with Gasteiger partial charge in [-0.3, -0.25) is 0 Å². The molecule has 0 saturated heterocycles. The van der Waals surface area contributed by atoms with Crippen LogP contribution in [0.25, 0.3) is 0 Å². The number of halogens is 4. The van der Waals surface area contributed by atoms with Crippen LogP contribution < -0.4 is 0 Å². The highest BCUT2D eigenvalue weighted by molar-refractivity contribution is 5.78. The van der Waals surface area contributed by atoms with E-state index in [2.05, 4.69) is 9.47 Å². The highest BCUT2D eigenvalue weighted by atomic mass is 19.4. The van der Waals surface area contributed by atoms with Crippen LogP contribution in [0.5, 0.6) is 0 Å². The Labute approximate surface area is 78.0 Å². The van der Waals surface area contributed by atoms with Gasteiger partial charge in [-0.05, 0) is 13.8 Å². The molecule has 0 amide bonds. The lowest BCUT2D eigenvalue weighted by Gasteiger charge is -2.24. The minimum atomic E-state index is -5.44.